The van der Waals surface area contributed by atoms with Gasteiger partial charge in [-0.1, -0.05) is 60.1 Å². The molecule has 160 valence electrons. The van der Waals surface area contributed by atoms with Crippen LogP contribution in [-0.2, 0) is 13.1 Å². The molecule has 1 heterocycles. The Hall–Kier alpha value is -3.70. The summed E-state index contributed by atoms with van der Waals surface area (Å²) in [6, 6.07) is 23.6. The standard InChI is InChI=1S/C26H22ClN3O2/c1-29(16-20-15-28-30(18-20)17-19-7-3-2-4-8-19)26(32)24-10-6-5-9-23(24)25(31)21-11-13-22(27)14-12-21/h2-15,18H,16-17H2,1H3. The fourth-order valence-corrected chi connectivity index (χ4v) is 3.65. The summed E-state index contributed by atoms with van der Waals surface area (Å²) in [5.41, 5.74) is 3.29. The number of ketones is 1. The fourth-order valence-electron chi connectivity index (χ4n) is 3.52. The Labute approximate surface area is 191 Å². The summed E-state index contributed by atoms with van der Waals surface area (Å²) in [5, 5.41) is 4.96. The van der Waals surface area contributed by atoms with E-state index < -0.39 is 0 Å². The van der Waals surface area contributed by atoms with Crippen LogP contribution >= 0.6 is 11.6 Å². The molecule has 4 aromatic rings. The maximum Gasteiger partial charge on any atom is 0.254 e. The highest BCUT2D eigenvalue weighted by Gasteiger charge is 2.21. The number of aromatic nitrogens is 2. The van der Waals surface area contributed by atoms with Crippen molar-refractivity contribution in [1.82, 2.24) is 14.7 Å². The molecule has 0 saturated heterocycles. The average molecular weight is 444 g/mol. The number of hydrogen-bond donors (Lipinski definition) is 0. The topological polar surface area (TPSA) is 55.2 Å². The van der Waals surface area contributed by atoms with Gasteiger partial charge in [-0.15, -0.1) is 0 Å². The highest BCUT2D eigenvalue weighted by Crippen LogP contribution is 2.19. The van der Waals surface area contributed by atoms with E-state index in [4.69, 9.17) is 11.6 Å². The summed E-state index contributed by atoms with van der Waals surface area (Å²) in [7, 11) is 1.72. The second kappa shape index (κ2) is 9.62. The zero-order chi connectivity index (χ0) is 22.5. The lowest BCUT2D eigenvalue weighted by atomic mass is 9.97. The van der Waals surface area contributed by atoms with Crippen LogP contribution < -0.4 is 0 Å². The molecule has 1 amide bonds. The van der Waals surface area contributed by atoms with E-state index in [1.54, 1.807) is 66.7 Å². The third-order valence-corrected chi connectivity index (χ3v) is 5.40. The lowest BCUT2D eigenvalue weighted by Gasteiger charge is -2.18. The van der Waals surface area contributed by atoms with E-state index in [0.29, 0.717) is 34.8 Å². The first-order valence-corrected chi connectivity index (χ1v) is 10.6. The van der Waals surface area contributed by atoms with Gasteiger partial charge in [0.1, 0.15) is 0 Å². The number of carbonyl (C=O) groups excluding carboxylic acids is 2. The molecule has 6 heteroatoms. The molecule has 0 aliphatic heterocycles. The first kappa shape index (κ1) is 21.5. The average Bonchev–Trinajstić information content (AvgIpc) is 3.25. The molecule has 3 aromatic carbocycles. The Bertz CT molecular complexity index is 1230. The van der Waals surface area contributed by atoms with Gasteiger partial charge >= 0.3 is 0 Å². The SMILES string of the molecule is CN(Cc1cnn(Cc2ccccc2)c1)C(=O)c1ccccc1C(=O)c1ccc(Cl)cc1. The van der Waals surface area contributed by atoms with Crippen LogP contribution in [0.2, 0.25) is 5.02 Å². The minimum atomic E-state index is -0.223. The Kier molecular flexibility index (Phi) is 6.47. The van der Waals surface area contributed by atoms with Gasteiger partial charge in [-0.2, -0.15) is 5.10 Å². The molecule has 4 rings (SSSR count). The smallest absolute Gasteiger partial charge is 0.254 e. The predicted molar refractivity (Wildman–Crippen MR) is 125 cm³/mol. The van der Waals surface area contributed by atoms with Crippen molar-refractivity contribution < 1.29 is 9.59 Å². The van der Waals surface area contributed by atoms with Crippen molar-refractivity contribution in [3.63, 3.8) is 0 Å². The monoisotopic (exact) mass is 443 g/mol. The Morgan fingerprint density at radius 3 is 2.25 bits per heavy atom. The molecule has 0 saturated carbocycles. The normalized spacial score (nSPS) is 10.7. The summed E-state index contributed by atoms with van der Waals surface area (Å²) in [6.45, 7) is 1.05. The highest BCUT2D eigenvalue weighted by atomic mass is 35.5. The molecule has 0 aliphatic rings. The third kappa shape index (κ3) is 4.95. The number of rotatable bonds is 7. The van der Waals surface area contributed by atoms with Crippen molar-refractivity contribution in [2.24, 2.45) is 0 Å². The quantitative estimate of drug-likeness (QED) is 0.374. The Morgan fingerprint density at radius 2 is 1.53 bits per heavy atom. The van der Waals surface area contributed by atoms with Gasteiger partial charge in [-0.25, -0.2) is 0 Å². The van der Waals surface area contributed by atoms with Crippen LogP contribution in [0.25, 0.3) is 0 Å². The van der Waals surface area contributed by atoms with Crippen LogP contribution in [0, 0.1) is 0 Å². The molecule has 0 N–H and O–H groups in total. The van der Waals surface area contributed by atoms with Crippen molar-refractivity contribution in [3.05, 3.63) is 124 Å². The van der Waals surface area contributed by atoms with E-state index in [9.17, 15) is 9.59 Å². The van der Waals surface area contributed by atoms with Crippen molar-refractivity contribution in [2.75, 3.05) is 7.05 Å². The van der Waals surface area contributed by atoms with Crippen LogP contribution in [0.4, 0.5) is 0 Å². The largest absolute Gasteiger partial charge is 0.337 e. The minimum absolute atomic E-state index is 0.213. The van der Waals surface area contributed by atoms with Gasteiger partial charge in [-0.05, 0) is 35.9 Å². The van der Waals surface area contributed by atoms with Gasteiger partial charge in [0.25, 0.3) is 5.91 Å². The first-order valence-electron chi connectivity index (χ1n) is 10.2. The second-order valence-corrected chi connectivity index (χ2v) is 8.01. The lowest BCUT2D eigenvalue weighted by Crippen LogP contribution is -2.27. The van der Waals surface area contributed by atoms with Gasteiger partial charge < -0.3 is 4.90 Å². The molecule has 0 unspecified atom stereocenters. The lowest BCUT2D eigenvalue weighted by molar-refractivity contribution is 0.0780. The van der Waals surface area contributed by atoms with E-state index in [1.165, 1.54) is 0 Å². The molecule has 0 radical (unpaired) electrons. The highest BCUT2D eigenvalue weighted by molar-refractivity contribution is 6.30. The maximum absolute atomic E-state index is 13.2. The molecular formula is C26H22ClN3O2. The molecule has 0 fully saturated rings. The summed E-state index contributed by atoms with van der Waals surface area (Å²) in [6.07, 6.45) is 3.69. The Morgan fingerprint density at radius 1 is 0.875 bits per heavy atom. The van der Waals surface area contributed by atoms with Crippen LogP contribution in [0.3, 0.4) is 0 Å². The van der Waals surface area contributed by atoms with E-state index in [1.807, 2.05) is 41.2 Å². The number of benzene rings is 3. The summed E-state index contributed by atoms with van der Waals surface area (Å²) in [5.74, 6) is -0.437. The number of amides is 1. The van der Waals surface area contributed by atoms with Crippen LogP contribution in [0.1, 0.15) is 37.4 Å². The first-order chi connectivity index (χ1) is 15.5. The molecule has 5 nitrogen and oxygen atoms in total. The number of hydrogen-bond acceptors (Lipinski definition) is 3. The summed E-state index contributed by atoms with van der Waals surface area (Å²) in [4.78, 5) is 27.8. The van der Waals surface area contributed by atoms with Crippen molar-refractivity contribution in [3.8, 4) is 0 Å². The van der Waals surface area contributed by atoms with Crippen LogP contribution in [-0.4, -0.2) is 33.4 Å². The minimum Gasteiger partial charge on any atom is -0.337 e. The van der Waals surface area contributed by atoms with Crippen molar-refractivity contribution in [2.45, 2.75) is 13.1 Å². The predicted octanol–water partition coefficient (Wildman–Crippen LogP) is 5.09. The summed E-state index contributed by atoms with van der Waals surface area (Å²) < 4.78 is 1.85. The molecule has 0 atom stereocenters. The van der Waals surface area contributed by atoms with E-state index in [0.717, 1.165) is 11.1 Å². The van der Waals surface area contributed by atoms with Gasteiger partial charge in [0.05, 0.1) is 18.3 Å². The number of nitrogens with zero attached hydrogens (tertiary/aromatic N) is 3. The van der Waals surface area contributed by atoms with Crippen molar-refractivity contribution in [1.29, 1.82) is 0 Å². The van der Waals surface area contributed by atoms with Gasteiger partial charge in [-0.3, -0.25) is 14.3 Å². The molecule has 1 aromatic heterocycles. The van der Waals surface area contributed by atoms with Gasteiger partial charge in [0.2, 0.25) is 0 Å². The zero-order valence-electron chi connectivity index (χ0n) is 17.6. The third-order valence-electron chi connectivity index (χ3n) is 5.15. The Balaban J connectivity index is 1.49. The molecule has 0 aliphatic carbocycles. The number of carbonyl (C=O) groups is 2. The molecule has 32 heavy (non-hydrogen) atoms. The molecular weight excluding hydrogens is 422 g/mol. The van der Waals surface area contributed by atoms with E-state index in [2.05, 4.69) is 5.10 Å². The molecule has 0 bridgehead atoms. The van der Waals surface area contributed by atoms with E-state index >= 15 is 0 Å². The van der Waals surface area contributed by atoms with Gasteiger partial charge in [0, 0.05) is 41.5 Å². The molecule has 0 spiro atoms. The van der Waals surface area contributed by atoms with Crippen molar-refractivity contribution >= 4 is 23.3 Å². The summed E-state index contributed by atoms with van der Waals surface area (Å²) >= 11 is 5.93. The van der Waals surface area contributed by atoms with Crippen LogP contribution in [0.5, 0.6) is 0 Å². The van der Waals surface area contributed by atoms with Gasteiger partial charge in [0.15, 0.2) is 5.78 Å². The van der Waals surface area contributed by atoms with E-state index in [-0.39, 0.29) is 11.7 Å². The maximum atomic E-state index is 13.2. The van der Waals surface area contributed by atoms with Crippen LogP contribution in [0.15, 0.2) is 91.3 Å². The zero-order valence-corrected chi connectivity index (χ0v) is 18.4. The second-order valence-electron chi connectivity index (χ2n) is 7.57. The fraction of sp³-hybridized carbons (Fsp3) is 0.115. The number of halogens is 1.